The molecule has 1 amide bonds. The molecule has 1 aliphatic carbocycles. The highest BCUT2D eigenvalue weighted by molar-refractivity contribution is 5.90. The molecule has 0 aromatic carbocycles. The number of rotatable bonds is 3. The molecule has 1 fully saturated rings. The molecule has 1 saturated carbocycles. The molecular formula is C13H20N4O. The van der Waals surface area contributed by atoms with Gasteiger partial charge < -0.3 is 11.1 Å². The fourth-order valence-electron chi connectivity index (χ4n) is 2.29. The highest BCUT2D eigenvalue weighted by Crippen LogP contribution is 2.29. The van der Waals surface area contributed by atoms with Gasteiger partial charge >= 0.3 is 0 Å². The molecule has 1 rings (SSSR count). The lowest BCUT2D eigenvalue weighted by Crippen LogP contribution is -2.36. The Bertz CT molecular complexity index is 406. The molecular weight excluding hydrogens is 228 g/mol. The maximum Gasteiger partial charge on any atom is 0.227 e. The third kappa shape index (κ3) is 3.59. The molecule has 1 aliphatic rings. The summed E-state index contributed by atoms with van der Waals surface area (Å²) in [5.41, 5.74) is 5.81. The molecule has 5 heteroatoms. The van der Waals surface area contributed by atoms with Gasteiger partial charge in [-0.3, -0.25) is 9.79 Å². The average Bonchev–Trinajstić information content (AvgIpc) is 2.37. The predicted octanol–water partition coefficient (Wildman–Crippen LogP) is 1.32. The molecule has 3 N–H and O–H groups in total. The van der Waals surface area contributed by atoms with Crippen molar-refractivity contribution >= 4 is 12.1 Å². The number of carbonyl (C=O) groups excluding carboxylic acids is 1. The van der Waals surface area contributed by atoms with Crippen molar-refractivity contribution in [2.24, 2.45) is 22.6 Å². The number of carbonyl (C=O) groups is 1. The van der Waals surface area contributed by atoms with E-state index in [9.17, 15) is 4.79 Å². The quantitative estimate of drug-likeness (QED) is 0.583. The predicted molar refractivity (Wildman–Crippen MR) is 70.5 cm³/mol. The summed E-state index contributed by atoms with van der Waals surface area (Å²) in [5.74, 6) is 0.322. The summed E-state index contributed by atoms with van der Waals surface area (Å²) in [6.07, 6.45) is 5.65. The van der Waals surface area contributed by atoms with Gasteiger partial charge in [0, 0.05) is 19.2 Å². The highest BCUT2D eigenvalue weighted by Gasteiger charge is 2.28. The van der Waals surface area contributed by atoms with E-state index in [0.29, 0.717) is 11.6 Å². The molecule has 0 radical (unpaired) electrons. The minimum Gasteiger partial charge on any atom is -0.388 e. The lowest BCUT2D eigenvalue weighted by Gasteiger charge is -2.27. The van der Waals surface area contributed by atoms with Gasteiger partial charge in [-0.15, -0.1) is 0 Å². The lowest BCUT2D eigenvalue weighted by atomic mass is 9.80. The van der Waals surface area contributed by atoms with Crippen LogP contribution >= 0.6 is 0 Å². The van der Waals surface area contributed by atoms with Crippen LogP contribution in [-0.2, 0) is 4.79 Å². The summed E-state index contributed by atoms with van der Waals surface area (Å²) >= 11 is 0. The van der Waals surface area contributed by atoms with Crippen LogP contribution in [0.15, 0.2) is 16.4 Å². The highest BCUT2D eigenvalue weighted by atomic mass is 16.1. The second kappa shape index (κ2) is 6.80. The summed E-state index contributed by atoms with van der Waals surface area (Å²) in [6, 6.07) is 1.82. The first kappa shape index (κ1) is 14.2. The smallest absolute Gasteiger partial charge is 0.227 e. The molecule has 0 aliphatic heterocycles. The van der Waals surface area contributed by atoms with Crippen LogP contribution in [0.2, 0.25) is 0 Å². The van der Waals surface area contributed by atoms with Crippen LogP contribution in [0, 0.1) is 23.2 Å². The molecule has 5 nitrogen and oxygen atoms in total. The Morgan fingerprint density at radius 1 is 1.50 bits per heavy atom. The number of nitriles is 1. The fourth-order valence-corrected chi connectivity index (χ4v) is 2.29. The number of nitrogens with one attached hydrogen (secondary N) is 1. The van der Waals surface area contributed by atoms with Crippen LogP contribution in [0.4, 0.5) is 0 Å². The van der Waals surface area contributed by atoms with Crippen LogP contribution in [0.1, 0.15) is 32.6 Å². The zero-order valence-electron chi connectivity index (χ0n) is 10.9. The van der Waals surface area contributed by atoms with Gasteiger partial charge in [0.05, 0.1) is 5.70 Å². The SMILES string of the molecule is CN=CC(NC(=O)C1CCCCC1C)=C(N)C#N. The standard InChI is InChI=1S/C13H20N4O/c1-9-5-3-4-6-10(9)13(18)17-12(8-16-2)11(15)7-14/h8-10H,3-6,15H2,1-2H3,(H,17,18). The second-order valence-corrected chi connectivity index (χ2v) is 4.68. The van der Waals surface area contributed by atoms with Gasteiger partial charge in [0.25, 0.3) is 0 Å². The first-order chi connectivity index (χ1) is 8.60. The van der Waals surface area contributed by atoms with Crippen molar-refractivity contribution in [1.29, 1.82) is 5.26 Å². The third-order valence-electron chi connectivity index (χ3n) is 3.37. The van der Waals surface area contributed by atoms with Crippen LogP contribution in [0.5, 0.6) is 0 Å². The molecule has 0 spiro atoms. The summed E-state index contributed by atoms with van der Waals surface area (Å²) in [7, 11) is 1.57. The van der Waals surface area contributed by atoms with Gasteiger partial charge in [-0.05, 0) is 18.8 Å². The van der Waals surface area contributed by atoms with E-state index in [-0.39, 0.29) is 17.5 Å². The van der Waals surface area contributed by atoms with Gasteiger partial charge in [0.2, 0.25) is 5.91 Å². The topological polar surface area (TPSA) is 91.3 Å². The normalized spacial score (nSPS) is 25.4. The van der Waals surface area contributed by atoms with Gasteiger partial charge in [0.15, 0.2) is 0 Å². The van der Waals surface area contributed by atoms with Crippen LogP contribution in [-0.4, -0.2) is 19.2 Å². The zero-order valence-corrected chi connectivity index (χ0v) is 10.9. The van der Waals surface area contributed by atoms with Crippen molar-refractivity contribution in [3.8, 4) is 6.07 Å². The fraction of sp³-hybridized carbons (Fsp3) is 0.615. The minimum atomic E-state index is -0.0599. The van der Waals surface area contributed by atoms with E-state index in [0.717, 1.165) is 19.3 Å². The monoisotopic (exact) mass is 248 g/mol. The van der Waals surface area contributed by atoms with Crippen LogP contribution in [0.3, 0.4) is 0 Å². The molecule has 2 unspecified atom stereocenters. The number of amides is 1. The van der Waals surface area contributed by atoms with Gasteiger partial charge in [-0.1, -0.05) is 19.8 Å². The van der Waals surface area contributed by atoms with Crippen LogP contribution < -0.4 is 11.1 Å². The largest absolute Gasteiger partial charge is 0.388 e. The molecule has 0 saturated heterocycles. The Balaban J connectivity index is 2.76. The number of nitrogens with zero attached hydrogens (tertiary/aromatic N) is 2. The zero-order chi connectivity index (χ0) is 13.5. The summed E-state index contributed by atoms with van der Waals surface area (Å²) in [5, 5.41) is 11.5. The van der Waals surface area contributed by atoms with Crippen molar-refractivity contribution in [2.45, 2.75) is 32.6 Å². The maximum atomic E-state index is 12.1. The Morgan fingerprint density at radius 3 is 2.72 bits per heavy atom. The molecule has 0 heterocycles. The van der Waals surface area contributed by atoms with E-state index in [4.69, 9.17) is 11.0 Å². The molecule has 0 aromatic heterocycles. The molecule has 2 atom stereocenters. The first-order valence-electron chi connectivity index (χ1n) is 6.23. The van der Waals surface area contributed by atoms with E-state index in [1.165, 1.54) is 12.6 Å². The average molecular weight is 248 g/mol. The summed E-state index contributed by atoms with van der Waals surface area (Å²) in [4.78, 5) is 15.9. The van der Waals surface area contributed by atoms with Crippen LogP contribution in [0.25, 0.3) is 0 Å². The van der Waals surface area contributed by atoms with Crippen molar-refractivity contribution in [3.05, 3.63) is 11.4 Å². The van der Waals surface area contributed by atoms with Crippen molar-refractivity contribution in [1.82, 2.24) is 5.32 Å². The minimum absolute atomic E-state index is 0.00509. The van der Waals surface area contributed by atoms with E-state index in [1.54, 1.807) is 7.05 Å². The molecule has 98 valence electrons. The van der Waals surface area contributed by atoms with Gasteiger partial charge in [-0.25, -0.2) is 0 Å². The van der Waals surface area contributed by atoms with Gasteiger partial charge in [-0.2, -0.15) is 5.26 Å². The Hall–Kier alpha value is -1.83. The number of hydrogen-bond acceptors (Lipinski definition) is 4. The van der Waals surface area contributed by atoms with E-state index in [1.807, 2.05) is 6.07 Å². The Kier molecular flexibility index (Phi) is 5.37. The van der Waals surface area contributed by atoms with Crippen molar-refractivity contribution < 1.29 is 4.79 Å². The van der Waals surface area contributed by atoms with Gasteiger partial charge in [0.1, 0.15) is 11.8 Å². The van der Waals surface area contributed by atoms with Crippen molar-refractivity contribution in [3.63, 3.8) is 0 Å². The number of hydrogen-bond donors (Lipinski definition) is 2. The Morgan fingerprint density at radius 2 is 2.17 bits per heavy atom. The number of nitrogens with two attached hydrogens (primary N) is 1. The number of allylic oxidation sites excluding steroid dienone is 2. The maximum absolute atomic E-state index is 12.1. The van der Waals surface area contributed by atoms with E-state index < -0.39 is 0 Å². The van der Waals surface area contributed by atoms with Crippen molar-refractivity contribution in [2.75, 3.05) is 7.05 Å². The third-order valence-corrected chi connectivity index (χ3v) is 3.37. The number of aliphatic imine (C=N–C) groups is 1. The summed E-state index contributed by atoms with van der Waals surface area (Å²) in [6.45, 7) is 2.09. The molecule has 0 aromatic rings. The van der Waals surface area contributed by atoms with E-state index in [2.05, 4.69) is 17.2 Å². The summed E-state index contributed by atoms with van der Waals surface area (Å²) < 4.78 is 0. The first-order valence-corrected chi connectivity index (χ1v) is 6.23. The lowest BCUT2D eigenvalue weighted by molar-refractivity contribution is -0.126. The molecule has 0 bridgehead atoms. The van der Waals surface area contributed by atoms with E-state index >= 15 is 0 Å². The Labute approximate surface area is 108 Å². The molecule has 18 heavy (non-hydrogen) atoms. The second-order valence-electron chi connectivity index (χ2n) is 4.68.